The molecule has 2 unspecified atom stereocenters. The first-order chi connectivity index (χ1) is 10.6. The van der Waals surface area contributed by atoms with Gasteiger partial charge in [-0.05, 0) is 43.7 Å². The molecule has 0 radical (unpaired) electrons. The van der Waals surface area contributed by atoms with Gasteiger partial charge in [0.1, 0.15) is 5.75 Å². The molecule has 7 heteroatoms. The fourth-order valence-electron chi connectivity index (χ4n) is 3.57. The molecule has 1 aromatic carbocycles. The SMILES string of the molecule is Cl.O=C(CC1CC2CCC(C1)N2)Nc1cccc(OC(F)F)c1. The predicted octanol–water partition coefficient (Wildman–Crippen LogP) is 3.57. The van der Waals surface area contributed by atoms with Crippen molar-refractivity contribution in [3.8, 4) is 5.75 Å². The average Bonchev–Trinajstić information content (AvgIpc) is 2.77. The predicted molar refractivity (Wildman–Crippen MR) is 86.2 cm³/mol. The summed E-state index contributed by atoms with van der Waals surface area (Å²) >= 11 is 0. The minimum Gasteiger partial charge on any atom is -0.435 e. The molecule has 0 aromatic heterocycles. The molecule has 1 aromatic rings. The zero-order valence-electron chi connectivity index (χ0n) is 12.6. The Bertz CT molecular complexity index is 533. The number of carbonyl (C=O) groups is 1. The zero-order valence-corrected chi connectivity index (χ0v) is 13.5. The normalized spacial score (nSPS) is 25.8. The van der Waals surface area contributed by atoms with Gasteiger partial charge in [0.15, 0.2) is 0 Å². The van der Waals surface area contributed by atoms with Crippen LogP contribution < -0.4 is 15.4 Å². The quantitative estimate of drug-likeness (QED) is 0.857. The number of halogens is 3. The lowest BCUT2D eigenvalue weighted by atomic mass is 9.89. The molecule has 2 bridgehead atoms. The van der Waals surface area contributed by atoms with Crippen molar-refractivity contribution in [1.82, 2.24) is 5.32 Å². The molecule has 2 atom stereocenters. The van der Waals surface area contributed by atoms with E-state index >= 15 is 0 Å². The highest BCUT2D eigenvalue weighted by atomic mass is 35.5. The molecule has 1 amide bonds. The zero-order chi connectivity index (χ0) is 15.5. The number of hydrogen-bond donors (Lipinski definition) is 2. The maximum atomic E-state index is 12.2. The van der Waals surface area contributed by atoms with E-state index in [1.807, 2.05) is 0 Å². The van der Waals surface area contributed by atoms with Crippen LogP contribution in [-0.2, 0) is 4.79 Å². The van der Waals surface area contributed by atoms with E-state index in [2.05, 4.69) is 15.4 Å². The van der Waals surface area contributed by atoms with Crippen molar-refractivity contribution in [2.24, 2.45) is 5.92 Å². The van der Waals surface area contributed by atoms with Crippen LogP contribution in [-0.4, -0.2) is 24.6 Å². The molecule has 23 heavy (non-hydrogen) atoms. The fraction of sp³-hybridized carbons (Fsp3) is 0.562. The van der Waals surface area contributed by atoms with Crippen LogP contribution in [0.1, 0.15) is 32.1 Å². The number of anilines is 1. The molecule has 0 aliphatic carbocycles. The van der Waals surface area contributed by atoms with E-state index in [-0.39, 0.29) is 24.1 Å². The second-order valence-electron chi connectivity index (χ2n) is 6.13. The largest absolute Gasteiger partial charge is 0.435 e. The fourth-order valence-corrected chi connectivity index (χ4v) is 3.57. The molecular formula is C16H21ClF2N2O2. The van der Waals surface area contributed by atoms with Crippen LogP contribution >= 0.6 is 12.4 Å². The number of piperidine rings is 1. The maximum Gasteiger partial charge on any atom is 0.387 e. The van der Waals surface area contributed by atoms with Gasteiger partial charge in [0.2, 0.25) is 5.91 Å². The van der Waals surface area contributed by atoms with Gasteiger partial charge in [-0.25, -0.2) is 0 Å². The summed E-state index contributed by atoms with van der Waals surface area (Å²) in [5.41, 5.74) is 0.486. The number of fused-ring (bicyclic) bond motifs is 2. The van der Waals surface area contributed by atoms with Crippen molar-refractivity contribution < 1.29 is 18.3 Å². The van der Waals surface area contributed by atoms with E-state index in [9.17, 15) is 13.6 Å². The molecule has 2 heterocycles. The second-order valence-corrected chi connectivity index (χ2v) is 6.13. The van der Waals surface area contributed by atoms with Crippen molar-refractivity contribution in [1.29, 1.82) is 0 Å². The minimum absolute atomic E-state index is 0. The highest BCUT2D eigenvalue weighted by Gasteiger charge is 2.34. The van der Waals surface area contributed by atoms with Gasteiger partial charge in [0.25, 0.3) is 0 Å². The molecular weight excluding hydrogens is 326 g/mol. The molecule has 2 aliphatic heterocycles. The van der Waals surface area contributed by atoms with Gasteiger partial charge < -0.3 is 15.4 Å². The Morgan fingerprint density at radius 3 is 2.65 bits per heavy atom. The van der Waals surface area contributed by atoms with E-state index in [1.165, 1.54) is 25.0 Å². The van der Waals surface area contributed by atoms with Crippen molar-refractivity contribution >= 4 is 24.0 Å². The van der Waals surface area contributed by atoms with E-state index < -0.39 is 6.61 Å². The molecule has 2 aliphatic rings. The van der Waals surface area contributed by atoms with Crippen LogP contribution in [0, 0.1) is 5.92 Å². The minimum atomic E-state index is -2.86. The molecule has 128 valence electrons. The van der Waals surface area contributed by atoms with Crippen LogP contribution in [0.2, 0.25) is 0 Å². The number of benzene rings is 1. The third-order valence-corrected chi connectivity index (χ3v) is 4.39. The number of amides is 1. The van der Waals surface area contributed by atoms with Gasteiger partial charge >= 0.3 is 6.61 Å². The van der Waals surface area contributed by atoms with Crippen molar-refractivity contribution in [2.75, 3.05) is 5.32 Å². The Morgan fingerprint density at radius 1 is 1.30 bits per heavy atom. The monoisotopic (exact) mass is 346 g/mol. The Labute approximate surface area is 140 Å². The Hall–Kier alpha value is -1.40. The van der Waals surface area contributed by atoms with Gasteiger partial charge in [-0.3, -0.25) is 4.79 Å². The van der Waals surface area contributed by atoms with Gasteiger partial charge in [-0.15, -0.1) is 12.4 Å². The summed E-state index contributed by atoms with van der Waals surface area (Å²) in [4.78, 5) is 12.1. The smallest absolute Gasteiger partial charge is 0.387 e. The van der Waals surface area contributed by atoms with Gasteiger partial charge in [0.05, 0.1) is 0 Å². The number of carbonyl (C=O) groups excluding carboxylic acids is 1. The Balaban J connectivity index is 0.00000192. The standard InChI is InChI=1S/C16H20F2N2O2.ClH/c17-16(18)22-14-3-1-2-11(9-14)20-15(21)8-10-6-12-4-5-13(7-10)19-12;/h1-3,9-10,12-13,16,19H,4-8H2,(H,20,21);1H. The lowest BCUT2D eigenvalue weighted by Crippen LogP contribution is -2.39. The maximum absolute atomic E-state index is 12.2. The number of nitrogens with one attached hydrogen (secondary N) is 2. The first-order valence-corrected chi connectivity index (χ1v) is 7.69. The van der Waals surface area contributed by atoms with Crippen molar-refractivity contribution in [3.05, 3.63) is 24.3 Å². The third kappa shape index (κ3) is 5.04. The Kier molecular flexibility index (Phi) is 6.18. The van der Waals surface area contributed by atoms with Crippen LogP contribution in [0.3, 0.4) is 0 Å². The molecule has 2 fully saturated rings. The molecule has 0 spiro atoms. The molecule has 2 saturated heterocycles. The summed E-state index contributed by atoms with van der Waals surface area (Å²) in [5, 5.41) is 6.32. The Morgan fingerprint density at radius 2 is 2.00 bits per heavy atom. The summed E-state index contributed by atoms with van der Waals surface area (Å²) in [6.07, 6.45) is 4.97. The number of ether oxygens (including phenoxy) is 1. The number of alkyl halides is 2. The first-order valence-electron chi connectivity index (χ1n) is 7.69. The summed E-state index contributed by atoms with van der Waals surface area (Å²) in [7, 11) is 0. The highest BCUT2D eigenvalue weighted by molar-refractivity contribution is 5.91. The van der Waals surface area contributed by atoms with E-state index in [0.717, 1.165) is 12.8 Å². The van der Waals surface area contributed by atoms with Crippen molar-refractivity contribution in [3.63, 3.8) is 0 Å². The summed E-state index contributed by atoms with van der Waals surface area (Å²) in [6, 6.07) is 7.21. The molecule has 0 saturated carbocycles. The lowest BCUT2D eigenvalue weighted by Gasteiger charge is -2.28. The summed E-state index contributed by atoms with van der Waals surface area (Å²) in [5.74, 6) is 0.382. The molecule has 3 rings (SSSR count). The molecule has 2 N–H and O–H groups in total. The number of hydrogen-bond acceptors (Lipinski definition) is 3. The van der Waals surface area contributed by atoms with Crippen LogP contribution in [0.25, 0.3) is 0 Å². The van der Waals surface area contributed by atoms with E-state index in [1.54, 1.807) is 12.1 Å². The van der Waals surface area contributed by atoms with Gasteiger partial charge in [-0.1, -0.05) is 6.07 Å². The van der Waals surface area contributed by atoms with Crippen LogP contribution in [0.5, 0.6) is 5.75 Å². The number of rotatable bonds is 5. The van der Waals surface area contributed by atoms with Crippen LogP contribution in [0.15, 0.2) is 24.3 Å². The second kappa shape index (κ2) is 7.93. The van der Waals surface area contributed by atoms with Gasteiger partial charge in [-0.2, -0.15) is 8.78 Å². The van der Waals surface area contributed by atoms with E-state index in [0.29, 0.717) is 30.1 Å². The van der Waals surface area contributed by atoms with Crippen molar-refractivity contribution in [2.45, 2.75) is 50.8 Å². The third-order valence-electron chi connectivity index (χ3n) is 4.39. The highest BCUT2D eigenvalue weighted by Crippen LogP contribution is 2.32. The average molecular weight is 347 g/mol. The van der Waals surface area contributed by atoms with Gasteiger partial charge in [0, 0.05) is 30.3 Å². The molecule has 4 nitrogen and oxygen atoms in total. The lowest BCUT2D eigenvalue weighted by molar-refractivity contribution is -0.117. The summed E-state index contributed by atoms with van der Waals surface area (Å²) < 4.78 is 28.7. The summed E-state index contributed by atoms with van der Waals surface area (Å²) in [6.45, 7) is -2.86. The topological polar surface area (TPSA) is 50.4 Å². The first kappa shape index (κ1) is 17.9. The van der Waals surface area contributed by atoms with E-state index in [4.69, 9.17) is 0 Å². The van der Waals surface area contributed by atoms with Crippen LogP contribution in [0.4, 0.5) is 14.5 Å².